The van der Waals surface area contributed by atoms with Crippen LogP contribution in [0.5, 0.6) is 23.0 Å². The van der Waals surface area contributed by atoms with Gasteiger partial charge in [-0.1, -0.05) is 6.07 Å². The summed E-state index contributed by atoms with van der Waals surface area (Å²) < 4.78 is 11.0. The number of hydrogen-bond acceptors (Lipinski definition) is 11. The fourth-order valence-electron chi connectivity index (χ4n) is 3.94. The third-order valence-corrected chi connectivity index (χ3v) is 5.66. The van der Waals surface area contributed by atoms with Crippen molar-refractivity contribution < 1.29 is 55.1 Å². The van der Waals surface area contributed by atoms with Crippen molar-refractivity contribution in [1.29, 1.82) is 0 Å². The number of ether oxygens (including phenoxy) is 2. The predicted octanol–water partition coefficient (Wildman–Crippen LogP) is -0.524. The number of aliphatic hydroxyl groups excluding tert-OH is 4. The average molecular weight is 462 g/mol. The lowest BCUT2D eigenvalue weighted by atomic mass is 9.85. The first-order chi connectivity index (χ1) is 15.6. The van der Waals surface area contributed by atoms with Crippen molar-refractivity contribution >= 4 is 11.4 Å². The van der Waals surface area contributed by atoms with Crippen LogP contribution in [0.15, 0.2) is 36.1 Å². The summed E-state index contributed by atoms with van der Waals surface area (Å²) in [6, 6.07) is 5.99. The normalized spacial score (nSPS) is 27.4. The van der Waals surface area contributed by atoms with E-state index in [1.165, 1.54) is 24.3 Å². The van der Waals surface area contributed by atoms with Crippen molar-refractivity contribution in [3.8, 4) is 23.0 Å². The molecule has 1 saturated heterocycles. The van der Waals surface area contributed by atoms with Crippen LogP contribution in [0.2, 0.25) is 0 Å². The van der Waals surface area contributed by atoms with Crippen molar-refractivity contribution in [2.75, 3.05) is 6.61 Å². The summed E-state index contributed by atoms with van der Waals surface area (Å²) in [5.41, 5.74) is 0.483. The summed E-state index contributed by atoms with van der Waals surface area (Å²) in [6.45, 7) is -0.709. The number of benzene rings is 2. The standard InChI is InChI=1S/C22H22O11/c23-7-15-17(28)19(30)20(31)22(32-15)33-21-11(8-1-2-12(25)13(26)5-8)4-9-3-10(24)6-14(27)16(9)18(21)29/h1-3,5-6,15,17,19-20,22-28,30-31H,4,7H2/t15?,17-,19-,20-,22?/m1/s1. The van der Waals surface area contributed by atoms with Crippen LogP contribution in [0.3, 0.4) is 0 Å². The molecule has 1 aliphatic heterocycles. The Morgan fingerprint density at radius 3 is 2.30 bits per heavy atom. The molecule has 1 heterocycles. The molecule has 11 nitrogen and oxygen atoms in total. The van der Waals surface area contributed by atoms with Crippen molar-refractivity contribution in [3.63, 3.8) is 0 Å². The smallest absolute Gasteiger partial charge is 0.232 e. The number of carbonyl (C=O) groups excluding carboxylic acids is 1. The first-order valence-electron chi connectivity index (χ1n) is 9.94. The van der Waals surface area contributed by atoms with Gasteiger partial charge in [-0.2, -0.15) is 0 Å². The molecule has 8 N–H and O–H groups in total. The van der Waals surface area contributed by atoms with E-state index in [4.69, 9.17) is 9.47 Å². The number of allylic oxidation sites excluding steroid dienone is 2. The SMILES string of the molecule is O=C1C(OC2OC(CO)[C@@H](O)[C@@H](O)[C@H]2O)=C(c2ccc(O)c(O)c2)Cc2cc(O)cc(O)c21. The van der Waals surface area contributed by atoms with Crippen LogP contribution in [0, 0.1) is 0 Å². The maximum atomic E-state index is 13.3. The Labute approximate surface area is 186 Å². The van der Waals surface area contributed by atoms with Crippen LogP contribution in [-0.4, -0.2) is 83.9 Å². The maximum absolute atomic E-state index is 13.3. The summed E-state index contributed by atoms with van der Waals surface area (Å²) in [6.07, 6.45) is -8.22. The van der Waals surface area contributed by atoms with Gasteiger partial charge in [0.15, 0.2) is 17.3 Å². The molecule has 1 fully saturated rings. The summed E-state index contributed by atoms with van der Waals surface area (Å²) in [5.74, 6) is -2.94. The van der Waals surface area contributed by atoms with Gasteiger partial charge < -0.3 is 50.3 Å². The lowest BCUT2D eigenvalue weighted by Gasteiger charge is -2.40. The van der Waals surface area contributed by atoms with Crippen molar-refractivity contribution in [2.45, 2.75) is 37.1 Å². The van der Waals surface area contributed by atoms with Gasteiger partial charge in [-0.3, -0.25) is 4.79 Å². The van der Waals surface area contributed by atoms with Crippen molar-refractivity contribution in [1.82, 2.24) is 0 Å². The van der Waals surface area contributed by atoms with Gasteiger partial charge in [0, 0.05) is 18.1 Å². The van der Waals surface area contributed by atoms with E-state index in [9.17, 15) is 45.6 Å². The number of hydrogen-bond donors (Lipinski definition) is 8. The van der Waals surface area contributed by atoms with E-state index in [0.29, 0.717) is 0 Å². The largest absolute Gasteiger partial charge is 0.508 e. The average Bonchev–Trinajstić information content (AvgIpc) is 2.76. The van der Waals surface area contributed by atoms with Crippen LogP contribution >= 0.6 is 0 Å². The number of carbonyl (C=O) groups is 1. The molecule has 0 bridgehead atoms. The third-order valence-electron chi connectivity index (χ3n) is 5.66. The summed E-state index contributed by atoms with van der Waals surface area (Å²) in [7, 11) is 0. The van der Waals surface area contributed by atoms with E-state index in [-0.39, 0.29) is 34.4 Å². The van der Waals surface area contributed by atoms with E-state index in [2.05, 4.69) is 0 Å². The lowest BCUT2D eigenvalue weighted by molar-refractivity contribution is -0.290. The molecule has 33 heavy (non-hydrogen) atoms. The molecule has 0 spiro atoms. The van der Waals surface area contributed by atoms with Crippen molar-refractivity contribution in [3.05, 3.63) is 52.8 Å². The zero-order chi connectivity index (χ0) is 24.0. The quantitative estimate of drug-likeness (QED) is 0.272. The van der Waals surface area contributed by atoms with E-state index in [0.717, 1.165) is 6.07 Å². The molecule has 2 unspecified atom stereocenters. The van der Waals surface area contributed by atoms with Gasteiger partial charge in [-0.05, 0) is 29.3 Å². The zero-order valence-corrected chi connectivity index (χ0v) is 17.0. The number of rotatable bonds is 4. The van der Waals surface area contributed by atoms with Crippen LogP contribution < -0.4 is 0 Å². The third kappa shape index (κ3) is 3.96. The lowest BCUT2D eigenvalue weighted by Crippen LogP contribution is -2.59. The van der Waals surface area contributed by atoms with Crippen LogP contribution in [-0.2, 0) is 15.9 Å². The molecule has 0 aromatic heterocycles. The number of aromatic hydroxyl groups is 4. The molecule has 2 aromatic carbocycles. The van der Waals surface area contributed by atoms with E-state index in [1.54, 1.807) is 0 Å². The van der Waals surface area contributed by atoms with E-state index < -0.39 is 66.1 Å². The molecular formula is C22H22O11. The van der Waals surface area contributed by atoms with Crippen LogP contribution in [0.25, 0.3) is 5.57 Å². The number of phenols is 4. The van der Waals surface area contributed by atoms with Crippen LogP contribution in [0.1, 0.15) is 21.5 Å². The topological polar surface area (TPSA) is 197 Å². The van der Waals surface area contributed by atoms with Crippen LogP contribution in [0.4, 0.5) is 0 Å². The summed E-state index contributed by atoms with van der Waals surface area (Å²) in [5, 5.41) is 79.4. The maximum Gasteiger partial charge on any atom is 0.232 e. The first kappa shape index (κ1) is 22.8. The second-order valence-electron chi connectivity index (χ2n) is 7.83. The minimum Gasteiger partial charge on any atom is -0.508 e. The highest BCUT2D eigenvalue weighted by Crippen LogP contribution is 2.41. The van der Waals surface area contributed by atoms with Gasteiger partial charge in [-0.15, -0.1) is 0 Å². The second-order valence-corrected chi connectivity index (χ2v) is 7.83. The Hall–Kier alpha value is -3.35. The summed E-state index contributed by atoms with van der Waals surface area (Å²) in [4.78, 5) is 13.3. The summed E-state index contributed by atoms with van der Waals surface area (Å²) >= 11 is 0. The Morgan fingerprint density at radius 1 is 0.909 bits per heavy atom. The molecule has 2 aromatic rings. The molecule has 0 saturated carbocycles. The fraction of sp³-hybridized carbons (Fsp3) is 0.318. The predicted molar refractivity (Wildman–Crippen MR) is 109 cm³/mol. The Bertz CT molecular complexity index is 1120. The number of phenolic OH excluding ortho intramolecular Hbond substituents is 4. The number of Topliss-reactive ketones (excluding diaryl/α,β-unsaturated/α-hetero) is 1. The fourth-order valence-corrected chi connectivity index (χ4v) is 3.94. The van der Waals surface area contributed by atoms with Gasteiger partial charge in [0.25, 0.3) is 0 Å². The first-order valence-corrected chi connectivity index (χ1v) is 9.94. The Morgan fingerprint density at radius 2 is 1.64 bits per heavy atom. The molecule has 0 amide bonds. The molecule has 2 aliphatic rings. The monoisotopic (exact) mass is 462 g/mol. The molecule has 5 atom stereocenters. The highest BCUT2D eigenvalue weighted by molar-refractivity contribution is 6.16. The van der Waals surface area contributed by atoms with Gasteiger partial charge in [0.1, 0.15) is 35.9 Å². The minimum absolute atomic E-state index is 0.0694. The molecule has 4 rings (SSSR count). The van der Waals surface area contributed by atoms with Gasteiger partial charge in [0.05, 0.1) is 12.2 Å². The number of aliphatic hydroxyl groups is 4. The Balaban J connectivity index is 1.82. The number of fused-ring (bicyclic) bond motifs is 1. The molecular weight excluding hydrogens is 440 g/mol. The minimum atomic E-state index is -1.80. The van der Waals surface area contributed by atoms with Gasteiger partial charge >= 0.3 is 0 Å². The second kappa shape index (κ2) is 8.54. The molecule has 176 valence electrons. The van der Waals surface area contributed by atoms with Crippen molar-refractivity contribution in [2.24, 2.45) is 0 Å². The molecule has 11 heteroatoms. The Kier molecular flexibility index (Phi) is 5.91. The van der Waals surface area contributed by atoms with Gasteiger partial charge in [-0.25, -0.2) is 0 Å². The van der Waals surface area contributed by atoms with E-state index in [1.807, 2.05) is 0 Å². The molecule has 1 aliphatic carbocycles. The van der Waals surface area contributed by atoms with Gasteiger partial charge in [0.2, 0.25) is 12.1 Å². The molecule has 0 radical (unpaired) electrons. The highest BCUT2D eigenvalue weighted by atomic mass is 16.7. The zero-order valence-electron chi connectivity index (χ0n) is 17.0. The number of ketones is 1. The van der Waals surface area contributed by atoms with E-state index >= 15 is 0 Å². The highest BCUT2D eigenvalue weighted by Gasteiger charge is 2.46.